The second-order valence-corrected chi connectivity index (χ2v) is 8.22. The lowest BCUT2D eigenvalue weighted by Crippen LogP contribution is -2.36. The van der Waals surface area contributed by atoms with Crippen molar-refractivity contribution in [1.82, 2.24) is 10.0 Å². The Hall–Kier alpha value is -2.10. The van der Waals surface area contributed by atoms with Crippen LogP contribution in [0.2, 0.25) is 0 Å². The highest BCUT2D eigenvalue weighted by Crippen LogP contribution is 2.28. The van der Waals surface area contributed by atoms with Crippen molar-refractivity contribution in [3.63, 3.8) is 0 Å². The summed E-state index contributed by atoms with van der Waals surface area (Å²) < 4.78 is 43.0. The molecule has 29 heavy (non-hydrogen) atoms. The average Bonchev–Trinajstić information content (AvgIpc) is 2.61. The zero-order valence-electron chi connectivity index (χ0n) is 17.5. The minimum absolute atomic E-state index is 0.0110. The molecule has 0 aliphatic carbocycles. The quantitative estimate of drug-likeness (QED) is 0.192. The first-order valence-corrected chi connectivity index (χ1v) is 11.1. The van der Waals surface area contributed by atoms with E-state index in [-0.39, 0.29) is 5.91 Å². The van der Waals surface area contributed by atoms with E-state index in [0.717, 1.165) is 24.8 Å². The molecule has 0 saturated heterocycles. The molecule has 0 aliphatic heterocycles. The molecule has 1 aromatic carbocycles. The number of rotatable bonds is 13. The van der Waals surface area contributed by atoms with E-state index in [4.69, 9.17) is 14.0 Å². The van der Waals surface area contributed by atoms with Crippen molar-refractivity contribution in [3.05, 3.63) is 35.9 Å². The third-order valence-corrected chi connectivity index (χ3v) is 4.51. The zero-order valence-corrected chi connectivity index (χ0v) is 18.3. The Kier molecular flexibility index (Phi) is 10.7. The van der Waals surface area contributed by atoms with Gasteiger partial charge in [0.2, 0.25) is 5.91 Å². The summed E-state index contributed by atoms with van der Waals surface area (Å²) >= 11 is 0. The van der Waals surface area contributed by atoms with Gasteiger partial charge in [-0.25, -0.2) is 0 Å². The highest BCUT2D eigenvalue weighted by Gasteiger charge is 2.14. The highest BCUT2D eigenvalue weighted by molar-refractivity contribution is 7.83. The molecule has 0 spiro atoms. The van der Waals surface area contributed by atoms with Gasteiger partial charge < -0.3 is 14.8 Å². The minimum atomic E-state index is -4.37. The molecule has 1 rings (SSSR count). The number of carbonyl (C=O) groups excluding carboxylic acids is 1. The molecule has 0 saturated carbocycles. The van der Waals surface area contributed by atoms with E-state index in [1.165, 1.54) is 14.0 Å². The summed E-state index contributed by atoms with van der Waals surface area (Å²) in [7, 11) is -2.92. The molecule has 0 aliphatic rings. The van der Waals surface area contributed by atoms with Gasteiger partial charge in [-0.05, 0) is 49.8 Å². The fourth-order valence-electron chi connectivity index (χ4n) is 2.55. The van der Waals surface area contributed by atoms with Gasteiger partial charge >= 0.3 is 10.3 Å². The molecule has 1 unspecified atom stereocenters. The van der Waals surface area contributed by atoms with Crippen LogP contribution < -0.4 is 19.5 Å². The van der Waals surface area contributed by atoms with Gasteiger partial charge in [0.1, 0.15) is 0 Å². The lowest BCUT2D eigenvalue weighted by atomic mass is 10.1. The van der Waals surface area contributed by atoms with E-state index >= 15 is 0 Å². The van der Waals surface area contributed by atoms with E-state index in [0.29, 0.717) is 30.4 Å². The third kappa shape index (κ3) is 11.5. The highest BCUT2D eigenvalue weighted by atomic mass is 32.2. The SMILES string of the molecule is COc1cc(CNC(=O)CCCC/C=C/C(C)C)ccc1OC(C)NS(=O)(=O)O. The van der Waals surface area contributed by atoms with Gasteiger partial charge in [0.15, 0.2) is 17.7 Å². The molecule has 8 nitrogen and oxygen atoms in total. The Morgan fingerprint density at radius 3 is 2.55 bits per heavy atom. The lowest BCUT2D eigenvalue weighted by Gasteiger charge is -2.17. The van der Waals surface area contributed by atoms with E-state index in [9.17, 15) is 13.2 Å². The smallest absolute Gasteiger partial charge is 0.336 e. The monoisotopic (exact) mass is 428 g/mol. The summed E-state index contributed by atoms with van der Waals surface area (Å²) in [5, 5.41) is 2.87. The first-order valence-electron chi connectivity index (χ1n) is 9.62. The van der Waals surface area contributed by atoms with Gasteiger partial charge in [-0.3, -0.25) is 9.35 Å². The van der Waals surface area contributed by atoms with Crippen molar-refractivity contribution in [2.45, 2.75) is 59.2 Å². The van der Waals surface area contributed by atoms with Crippen LogP contribution in [0.3, 0.4) is 0 Å². The average molecular weight is 429 g/mol. The van der Waals surface area contributed by atoms with Crippen LogP contribution in [-0.4, -0.2) is 32.2 Å². The molecule has 1 amide bonds. The van der Waals surface area contributed by atoms with Crippen LogP contribution >= 0.6 is 0 Å². The molecule has 164 valence electrons. The van der Waals surface area contributed by atoms with Crippen molar-refractivity contribution in [2.24, 2.45) is 5.92 Å². The summed E-state index contributed by atoms with van der Waals surface area (Å²) in [6.07, 6.45) is 6.61. The van der Waals surface area contributed by atoms with Gasteiger partial charge in [0.25, 0.3) is 0 Å². The van der Waals surface area contributed by atoms with E-state index in [2.05, 4.69) is 31.3 Å². The maximum absolute atomic E-state index is 12.0. The summed E-state index contributed by atoms with van der Waals surface area (Å²) in [5.41, 5.74) is 0.817. The minimum Gasteiger partial charge on any atom is -0.493 e. The number of amides is 1. The Labute approximate surface area is 173 Å². The van der Waals surface area contributed by atoms with Crippen LogP contribution in [0, 0.1) is 5.92 Å². The predicted molar refractivity (Wildman–Crippen MR) is 112 cm³/mol. The zero-order chi connectivity index (χ0) is 21.9. The number of benzene rings is 1. The number of hydrogen-bond acceptors (Lipinski definition) is 5. The maximum Gasteiger partial charge on any atom is 0.336 e. The number of ether oxygens (including phenoxy) is 2. The molecule has 0 bridgehead atoms. The Balaban J connectivity index is 2.47. The molecule has 0 fully saturated rings. The van der Waals surface area contributed by atoms with Crippen LogP contribution in [0.5, 0.6) is 11.5 Å². The van der Waals surface area contributed by atoms with Crippen LogP contribution in [0.4, 0.5) is 0 Å². The Morgan fingerprint density at radius 1 is 1.21 bits per heavy atom. The number of hydrogen-bond donors (Lipinski definition) is 3. The summed E-state index contributed by atoms with van der Waals surface area (Å²) in [6, 6.07) is 5.06. The lowest BCUT2D eigenvalue weighted by molar-refractivity contribution is -0.121. The standard InChI is InChI=1S/C20H32N2O6S/c1-15(2)9-7-5-6-8-10-20(23)21-14-17-11-12-18(19(13-17)27-4)28-16(3)22-29(24,25)26/h7,9,11-13,15-16,22H,5-6,8,10,14H2,1-4H3,(H,21,23)(H,24,25,26)/b9-7+. The van der Waals surface area contributed by atoms with Crippen LogP contribution in [0.15, 0.2) is 30.4 Å². The first-order chi connectivity index (χ1) is 13.6. The number of methoxy groups -OCH3 is 1. The molecular weight excluding hydrogens is 396 g/mol. The molecule has 3 N–H and O–H groups in total. The number of carbonyl (C=O) groups is 1. The normalized spacial score (nSPS) is 12.9. The molecule has 0 heterocycles. The second kappa shape index (κ2) is 12.5. The fraction of sp³-hybridized carbons (Fsp3) is 0.550. The van der Waals surface area contributed by atoms with Gasteiger partial charge in [-0.15, -0.1) is 0 Å². The first kappa shape index (κ1) is 24.9. The van der Waals surface area contributed by atoms with Gasteiger partial charge in [0.05, 0.1) is 7.11 Å². The summed E-state index contributed by atoms with van der Waals surface area (Å²) in [6.45, 7) is 6.05. The van der Waals surface area contributed by atoms with E-state index in [1.54, 1.807) is 18.2 Å². The number of nitrogens with one attached hydrogen (secondary N) is 2. The molecule has 1 atom stereocenters. The molecule has 9 heteroatoms. The van der Waals surface area contributed by atoms with Crippen LogP contribution in [0.1, 0.15) is 52.0 Å². The predicted octanol–water partition coefficient (Wildman–Crippen LogP) is 3.20. The third-order valence-electron chi connectivity index (χ3n) is 3.88. The van der Waals surface area contributed by atoms with Crippen molar-refractivity contribution < 1.29 is 27.2 Å². The van der Waals surface area contributed by atoms with Crippen molar-refractivity contribution in [1.29, 1.82) is 0 Å². The van der Waals surface area contributed by atoms with Gasteiger partial charge in [0, 0.05) is 13.0 Å². The van der Waals surface area contributed by atoms with Crippen LogP contribution in [0.25, 0.3) is 0 Å². The van der Waals surface area contributed by atoms with E-state index < -0.39 is 16.5 Å². The van der Waals surface area contributed by atoms with Crippen molar-refractivity contribution in [3.8, 4) is 11.5 Å². The summed E-state index contributed by atoms with van der Waals surface area (Å²) in [4.78, 5) is 12.0. The van der Waals surface area contributed by atoms with Crippen molar-refractivity contribution in [2.75, 3.05) is 7.11 Å². The van der Waals surface area contributed by atoms with Gasteiger partial charge in [-0.1, -0.05) is 32.1 Å². The topological polar surface area (TPSA) is 114 Å². The second-order valence-electron chi connectivity index (χ2n) is 7.03. The number of unbranched alkanes of at least 4 members (excludes halogenated alkanes) is 2. The maximum atomic E-state index is 12.0. The largest absolute Gasteiger partial charge is 0.493 e. The number of allylic oxidation sites excluding steroid dienone is 2. The van der Waals surface area contributed by atoms with E-state index in [1.807, 2.05) is 4.72 Å². The molecular formula is C20H32N2O6S. The van der Waals surface area contributed by atoms with Gasteiger partial charge in [-0.2, -0.15) is 13.1 Å². The molecule has 0 aromatic heterocycles. The fourth-order valence-corrected chi connectivity index (χ4v) is 3.02. The Morgan fingerprint density at radius 2 is 1.93 bits per heavy atom. The Bertz CT molecular complexity index is 777. The molecule has 0 radical (unpaired) electrons. The van der Waals surface area contributed by atoms with Crippen LogP contribution in [-0.2, 0) is 21.6 Å². The summed E-state index contributed by atoms with van der Waals surface area (Å²) in [5.74, 6) is 1.23. The molecule has 1 aromatic rings. The van der Waals surface area contributed by atoms with Crippen molar-refractivity contribution >= 4 is 16.2 Å².